The first-order chi connectivity index (χ1) is 7.58. The summed E-state index contributed by atoms with van der Waals surface area (Å²) in [4.78, 5) is 8.25. The van der Waals surface area contributed by atoms with Crippen molar-refractivity contribution in [1.82, 2.24) is 4.98 Å². The van der Waals surface area contributed by atoms with Gasteiger partial charge in [-0.2, -0.15) is 0 Å². The number of hydrogen-bond donors (Lipinski definition) is 1. The van der Waals surface area contributed by atoms with E-state index in [1.165, 1.54) is 4.88 Å². The number of rotatable bonds is 2. The highest BCUT2D eigenvalue weighted by molar-refractivity contribution is 7.15. The molecule has 0 aromatic carbocycles. The zero-order chi connectivity index (χ0) is 11.7. The predicted molar refractivity (Wildman–Crippen MR) is 68.2 cm³/mol. The lowest BCUT2D eigenvalue weighted by molar-refractivity contribution is 0.110. The van der Waals surface area contributed by atoms with Gasteiger partial charge in [-0.1, -0.05) is 0 Å². The molecule has 1 aliphatic rings. The normalized spacial score (nSPS) is 20.1. The minimum Gasteiger partial charge on any atom is -0.393 e. The Hall–Kier alpha value is -0.610. The average molecular weight is 240 g/mol. The topological polar surface area (TPSA) is 36.4 Å². The molecule has 1 saturated heterocycles. The van der Waals surface area contributed by atoms with Gasteiger partial charge in [-0.15, -0.1) is 11.3 Å². The summed E-state index contributed by atoms with van der Waals surface area (Å²) in [6.07, 6.45) is 1.99. The van der Waals surface area contributed by atoms with E-state index in [9.17, 15) is 5.11 Å². The number of aliphatic hydroxyl groups excluding tert-OH is 1. The minimum atomic E-state index is -0.165. The van der Waals surface area contributed by atoms with E-state index >= 15 is 0 Å². The van der Waals surface area contributed by atoms with Gasteiger partial charge >= 0.3 is 0 Å². The first kappa shape index (κ1) is 11.9. The van der Waals surface area contributed by atoms with E-state index in [-0.39, 0.29) is 6.10 Å². The molecule has 16 heavy (non-hydrogen) atoms. The summed E-state index contributed by atoms with van der Waals surface area (Å²) in [7, 11) is 0. The van der Waals surface area contributed by atoms with Crippen molar-refractivity contribution in [2.24, 2.45) is 5.92 Å². The molecule has 0 bridgehead atoms. The molecule has 1 aliphatic heterocycles. The predicted octanol–water partition coefficient (Wildman–Crippen LogP) is 2.36. The average Bonchev–Trinajstić information content (AvgIpc) is 2.59. The Kier molecular flexibility index (Phi) is 3.50. The number of aromatic nitrogens is 1. The Morgan fingerprint density at radius 3 is 2.44 bits per heavy atom. The lowest BCUT2D eigenvalue weighted by Gasteiger charge is -2.33. The maximum atomic E-state index is 9.55. The summed E-state index contributed by atoms with van der Waals surface area (Å²) in [5.74, 6) is 0.471. The summed E-state index contributed by atoms with van der Waals surface area (Å²) in [6, 6.07) is 0. The van der Waals surface area contributed by atoms with Gasteiger partial charge in [0.1, 0.15) is 0 Å². The second-order valence-electron chi connectivity index (χ2n) is 4.70. The number of aliphatic hydroxyl groups is 1. The van der Waals surface area contributed by atoms with Crippen LogP contribution < -0.4 is 4.90 Å². The Balaban J connectivity index is 1.99. The van der Waals surface area contributed by atoms with Crippen LogP contribution >= 0.6 is 11.3 Å². The molecule has 2 rings (SSSR count). The first-order valence-electron chi connectivity index (χ1n) is 5.95. The molecule has 0 spiro atoms. The highest BCUT2D eigenvalue weighted by atomic mass is 32.1. The second kappa shape index (κ2) is 4.72. The van der Waals surface area contributed by atoms with Gasteiger partial charge in [-0.05, 0) is 39.5 Å². The van der Waals surface area contributed by atoms with Crippen LogP contribution in [0, 0.1) is 19.8 Å². The van der Waals surface area contributed by atoms with Crippen molar-refractivity contribution in [3.05, 3.63) is 10.6 Å². The number of nitrogens with zero attached hydrogens (tertiary/aromatic N) is 2. The van der Waals surface area contributed by atoms with Crippen LogP contribution in [0.25, 0.3) is 0 Å². The van der Waals surface area contributed by atoms with Crippen molar-refractivity contribution in [3.63, 3.8) is 0 Å². The van der Waals surface area contributed by atoms with E-state index in [0.717, 1.165) is 36.8 Å². The van der Waals surface area contributed by atoms with Crippen molar-refractivity contribution in [2.45, 2.75) is 39.7 Å². The number of aryl methyl sites for hydroxylation is 2. The van der Waals surface area contributed by atoms with E-state index in [1.54, 1.807) is 11.3 Å². The molecule has 0 amide bonds. The highest BCUT2D eigenvalue weighted by Crippen LogP contribution is 2.29. The molecular weight excluding hydrogens is 220 g/mol. The molecule has 1 aromatic heterocycles. The Morgan fingerprint density at radius 2 is 2.00 bits per heavy atom. The fraction of sp³-hybridized carbons (Fsp3) is 0.750. The molecule has 4 heteroatoms. The lowest BCUT2D eigenvalue weighted by Crippen LogP contribution is -2.36. The summed E-state index contributed by atoms with van der Waals surface area (Å²) in [5, 5.41) is 10.7. The van der Waals surface area contributed by atoms with Crippen molar-refractivity contribution in [1.29, 1.82) is 0 Å². The Bertz CT molecular complexity index is 334. The van der Waals surface area contributed by atoms with Crippen LogP contribution in [-0.4, -0.2) is 29.3 Å². The summed E-state index contributed by atoms with van der Waals surface area (Å²) >= 11 is 1.78. The number of hydrogen-bond acceptors (Lipinski definition) is 4. The SMILES string of the molecule is Cc1nc(N2CCC(C(C)O)CC2)sc1C. The molecule has 2 heterocycles. The van der Waals surface area contributed by atoms with E-state index in [2.05, 4.69) is 23.7 Å². The summed E-state index contributed by atoms with van der Waals surface area (Å²) < 4.78 is 0. The monoisotopic (exact) mass is 240 g/mol. The van der Waals surface area contributed by atoms with E-state index in [4.69, 9.17) is 0 Å². The van der Waals surface area contributed by atoms with E-state index in [0.29, 0.717) is 5.92 Å². The molecule has 0 radical (unpaired) electrons. The third kappa shape index (κ3) is 2.38. The largest absolute Gasteiger partial charge is 0.393 e. The Morgan fingerprint density at radius 1 is 1.38 bits per heavy atom. The van der Waals surface area contributed by atoms with Crippen LogP contribution in [-0.2, 0) is 0 Å². The van der Waals surface area contributed by atoms with Crippen LogP contribution in [0.3, 0.4) is 0 Å². The van der Waals surface area contributed by atoms with Gasteiger partial charge in [0, 0.05) is 18.0 Å². The minimum absolute atomic E-state index is 0.165. The maximum Gasteiger partial charge on any atom is 0.185 e. The smallest absolute Gasteiger partial charge is 0.185 e. The zero-order valence-corrected chi connectivity index (χ0v) is 11.0. The van der Waals surface area contributed by atoms with Crippen molar-refractivity contribution < 1.29 is 5.11 Å². The fourth-order valence-corrected chi connectivity index (χ4v) is 3.13. The van der Waals surface area contributed by atoms with Gasteiger partial charge in [0.15, 0.2) is 5.13 Å². The zero-order valence-electron chi connectivity index (χ0n) is 10.2. The maximum absolute atomic E-state index is 9.55. The van der Waals surface area contributed by atoms with Crippen LogP contribution in [0.4, 0.5) is 5.13 Å². The molecule has 1 atom stereocenters. The molecule has 0 saturated carbocycles. The Labute approximate surface area is 101 Å². The molecule has 90 valence electrons. The third-order valence-electron chi connectivity index (χ3n) is 3.51. The molecule has 3 nitrogen and oxygen atoms in total. The first-order valence-corrected chi connectivity index (χ1v) is 6.76. The van der Waals surface area contributed by atoms with E-state index < -0.39 is 0 Å². The van der Waals surface area contributed by atoms with Gasteiger partial charge in [-0.25, -0.2) is 4.98 Å². The molecule has 0 aliphatic carbocycles. The van der Waals surface area contributed by atoms with Crippen molar-refractivity contribution in [2.75, 3.05) is 18.0 Å². The molecule has 1 aromatic rings. The molecule has 1 unspecified atom stereocenters. The van der Waals surface area contributed by atoms with Crippen LogP contribution in [0.15, 0.2) is 0 Å². The van der Waals surface area contributed by atoms with Crippen molar-refractivity contribution in [3.8, 4) is 0 Å². The van der Waals surface area contributed by atoms with Gasteiger partial charge in [0.05, 0.1) is 11.8 Å². The quantitative estimate of drug-likeness (QED) is 0.862. The third-order valence-corrected chi connectivity index (χ3v) is 4.64. The number of thiazole rings is 1. The van der Waals surface area contributed by atoms with Gasteiger partial charge in [0.25, 0.3) is 0 Å². The fourth-order valence-electron chi connectivity index (χ4n) is 2.16. The standard InChI is InChI=1S/C12H20N2OS/c1-8-10(3)16-12(13-8)14-6-4-11(5-7-14)9(2)15/h9,11,15H,4-7H2,1-3H3. The number of piperidine rings is 1. The molecular formula is C12H20N2OS. The van der Waals surface area contributed by atoms with E-state index in [1.807, 2.05) is 6.92 Å². The highest BCUT2D eigenvalue weighted by Gasteiger charge is 2.24. The second-order valence-corrected chi connectivity index (χ2v) is 5.88. The summed E-state index contributed by atoms with van der Waals surface area (Å²) in [6.45, 7) is 8.15. The van der Waals surface area contributed by atoms with Crippen LogP contribution in [0.5, 0.6) is 0 Å². The van der Waals surface area contributed by atoms with Crippen LogP contribution in [0.2, 0.25) is 0 Å². The molecule has 1 fully saturated rings. The molecule has 1 N–H and O–H groups in total. The van der Waals surface area contributed by atoms with Crippen molar-refractivity contribution >= 4 is 16.5 Å². The van der Waals surface area contributed by atoms with Gasteiger partial charge in [0.2, 0.25) is 0 Å². The van der Waals surface area contributed by atoms with Crippen LogP contribution in [0.1, 0.15) is 30.3 Å². The lowest BCUT2D eigenvalue weighted by atomic mass is 9.92. The van der Waals surface area contributed by atoms with Gasteiger partial charge < -0.3 is 10.0 Å². The summed E-state index contributed by atoms with van der Waals surface area (Å²) in [5.41, 5.74) is 1.15. The number of anilines is 1. The van der Waals surface area contributed by atoms with Gasteiger partial charge in [-0.3, -0.25) is 0 Å².